The Hall–Kier alpha value is -3.07. The standard InChI is InChI=1S/C22H26N4O4S/c1-13-7-8-14(2)19(9-13)26-16(4)23-24-22(26)31-12-20(27)25(5)11-17-10-18(15(3)30-17)21(28)29-6/h7-10H,11-12H2,1-6H3. The molecule has 2 aromatic heterocycles. The number of carbonyl (C=O) groups is 2. The molecule has 0 aliphatic carbocycles. The first-order chi connectivity index (χ1) is 14.7. The van der Waals surface area contributed by atoms with Crippen LogP contribution in [0.2, 0.25) is 0 Å². The highest BCUT2D eigenvalue weighted by molar-refractivity contribution is 7.99. The van der Waals surface area contributed by atoms with Crippen molar-refractivity contribution in [2.45, 2.75) is 39.4 Å². The number of methoxy groups -OCH3 is 1. The topological polar surface area (TPSA) is 90.5 Å². The molecular formula is C22H26N4O4S. The summed E-state index contributed by atoms with van der Waals surface area (Å²) in [6, 6.07) is 7.82. The van der Waals surface area contributed by atoms with Gasteiger partial charge in [-0.05, 0) is 51.0 Å². The monoisotopic (exact) mass is 442 g/mol. The number of esters is 1. The van der Waals surface area contributed by atoms with E-state index in [1.165, 1.54) is 18.9 Å². The van der Waals surface area contributed by atoms with Gasteiger partial charge in [-0.1, -0.05) is 23.9 Å². The Bertz CT molecular complexity index is 1120. The quantitative estimate of drug-likeness (QED) is 0.408. The Balaban J connectivity index is 1.69. The molecule has 9 heteroatoms. The number of rotatable bonds is 7. The maximum Gasteiger partial charge on any atom is 0.341 e. The number of nitrogens with zero attached hydrogens (tertiary/aromatic N) is 4. The summed E-state index contributed by atoms with van der Waals surface area (Å²) in [7, 11) is 3.01. The highest BCUT2D eigenvalue weighted by atomic mass is 32.2. The number of amides is 1. The Morgan fingerprint density at radius 2 is 1.90 bits per heavy atom. The van der Waals surface area contributed by atoms with E-state index in [1.807, 2.05) is 25.3 Å². The molecule has 0 fully saturated rings. The zero-order chi connectivity index (χ0) is 22.7. The minimum Gasteiger partial charge on any atom is -0.465 e. The maximum absolute atomic E-state index is 12.7. The van der Waals surface area contributed by atoms with Crippen LogP contribution in [-0.4, -0.2) is 51.5 Å². The van der Waals surface area contributed by atoms with Gasteiger partial charge in [-0.25, -0.2) is 4.79 Å². The molecule has 3 aromatic rings. The SMILES string of the molecule is COC(=O)c1cc(CN(C)C(=O)CSc2nnc(C)n2-c2cc(C)ccc2C)oc1C. The van der Waals surface area contributed by atoms with Crippen molar-refractivity contribution in [2.24, 2.45) is 0 Å². The lowest BCUT2D eigenvalue weighted by Gasteiger charge is -2.16. The number of aromatic nitrogens is 3. The summed E-state index contributed by atoms with van der Waals surface area (Å²) in [4.78, 5) is 26.0. The van der Waals surface area contributed by atoms with Gasteiger partial charge in [0, 0.05) is 7.05 Å². The van der Waals surface area contributed by atoms with Gasteiger partial charge < -0.3 is 14.1 Å². The number of furan rings is 1. The molecule has 31 heavy (non-hydrogen) atoms. The van der Waals surface area contributed by atoms with E-state index in [0.717, 1.165) is 22.6 Å². The molecule has 0 N–H and O–H groups in total. The van der Waals surface area contributed by atoms with Crippen LogP contribution >= 0.6 is 11.8 Å². The lowest BCUT2D eigenvalue weighted by atomic mass is 10.1. The first-order valence-corrected chi connectivity index (χ1v) is 10.7. The van der Waals surface area contributed by atoms with E-state index in [2.05, 4.69) is 28.4 Å². The smallest absolute Gasteiger partial charge is 0.341 e. The van der Waals surface area contributed by atoms with Gasteiger partial charge >= 0.3 is 5.97 Å². The lowest BCUT2D eigenvalue weighted by Crippen LogP contribution is -2.27. The van der Waals surface area contributed by atoms with Crippen LogP contribution in [0.3, 0.4) is 0 Å². The molecule has 0 spiro atoms. The fourth-order valence-corrected chi connectivity index (χ4v) is 4.10. The lowest BCUT2D eigenvalue weighted by molar-refractivity contribution is -0.127. The molecule has 0 aliphatic rings. The highest BCUT2D eigenvalue weighted by Crippen LogP contribution is 2.25. The third-order valence-corrected chi connectivity index (χ3v) is 5.83. The van der Waals surface area contributed by atoms with Crippen LogP contribution in [0.5, 0.6) is 0 Å². The van der Waals surface area contributed by atoms with Crippen LogP contribution in [0.25, 0.3) is 5.69 Å². The van der Waals surface area contributed by atoms with Gasteiger partial charge in [0.1, 0.15) is 22.9 Å². The molecule has 8 nitrogen and oxygen atoms in total. The molecule has 0 atom stereocenters. The van der Waals surface area contributed by atoms with Crippen molar-refractivity contribution in [2.75, 3.05) is 19.9 Å². The van der Waals surface area contributed by atoms with Crippen molar-refractivity contribution in [1.82, 2.24) is 19.7 Å². The second-order valence-corrected chi connectivity index (χ2v) is 8.31. The first-order valence-electron chi connectivity index (χ1n) is 9.75. The Labute approximate surface area is 185 Å². The second-order valence-electron chi connectivity index (χ2n) is 7.37. The Morgan fingerprint density at radius 1 is 1.16 bits per heavy atom. The van der Waals surface area contributed by atoms with Crippen LogP contribution in [0.4, 0.5) is 0 Å². The number of ether oxygens (including phenoxy) is 1. The van der Waals surface area contributed by atoms with Gasteiger partial charge in [0.05, 0.1) is 25.1 Å². The van der Waals surface area contributed by atoms with Crippen molar-refractivity contribution >= 4 is 23.6 Å². The van der Waals surface area contributed by atoms with Crippen molar-refractivity contribution in [1.29, 1.82) is 0 Å². The van der Waals surface area contributed by atoms with Gasteiger partial charge in [0.15, 0.2) is 5.16 Å². The molecule has 0 unspecified atom stereocenters. The molecule has 0 saturated carbocycles. The number of carbonyl (C=O) groups excluding carboxylic acids is 2. The Kier molecular flexibility index (Phi) is 6.84. The Morgan fingerprint density at radius 3 is 2.61 bits per heavy atom. The molecule has 164 valence electrons. The summed E-state index contributed by atoms with van der Waals surface area (Å²) in [5.74, 6) is 1.40. The zero-order valence-electron chi connectivity index (χ0n) is 18.6. The predicted octanol–water partition coefficient (Wildman–Crippen LogP) is 3.63. The molecule has 1 aromatic carbocycles. The van der Waals surface area contributed by atoms with Crippen LogP contribution < -0.4 is 0 Å². The van der Waals surface area contributed by atoms with Gasteiger partial charge in [0.2, 0.25) is 5.91 Å². The van der Waals surface area contributed by atoms with Gasteiger partial charge in [0.25, 0.3) is 0 Å². The number of benzene rings is 1. The van der Waals surface area contributed by atoms with E-state index in [-0.39, 0.29) is 18.2 Å². The van der Waals surface area contributed by atoms with Crippen LogP contribution in [0, 0.1) is 27.7 Å². The van der Waals surface area contributed by atoms with E-state index >= 15 is 0 Å². The number of thioether (sulfide) groups is 1. The van der Waals surface area contributed by atoms with E-state index in [9.17, 15) is 9.59 Å². The van der Waals surface area contributed by atoms with Crippen LogP contribution in [0.1, 0.15) is 38.8 Å². The first kappa shape index (κ1) is 22.6. The van der Waals surface area contributed by atoms with E-state index in [0.29, 0.717) is 22.2 Å². The second kappa shape index (κ2) is 9.38. The fraction of sp³-hybridized carbons (Fsp3) is 0.364. The van der Waals surface area contributed by atoms with E-state index in [4.69, 9.17) is 9.15 Å². The fourth-order valence-electron chi connectivity index (χ4n) is 3.17. The summed E-state index contributed by atoms with van der Waals surface area (Å²) in [5.41, 5.74) is 3.62. The molecular weight excluding hydrogens is 416 g/mol. The average molecular weight is 443 g/mol. The number of hydrogen-bond acceptors (Lipinski definition) is 7. The molecule has 0 radical (unpaired) electrons. The van der Waals surface area contributed by atoms with Crippen LogP contribution in [0.15, 0.2) is 33.8 Å². The molecule has 1 amide bonds. The summed E-state index contributed by atoms with van der Waals surface area (Å²) >= 11 is 1.33. The summed E-state index contributed by atoms with van der Waals surface area (Å²) < 4.78 is 12.3. The normalized spacial score (nSPS) is 10.9. The molecule has 2 heterocycles. The van der Waals surface area contributed by atoms with Crippen molar-refractivity contribution in [3.05, 3.63) is 58.3 Å². The van der Waals surface area contributed by atoms with E-state index in [1.54, 1.807) is 24.9 Å². The molecule has 0 saturated heterocycles. The van der Waals surface area contributed by atoms with Gasteiger partial charge in [-0.2, -0.15) is 0 Å². The van der Waals surface area contributed by atoms with Crippen molar-refractivity contribution in [3.8, 4) is 5.69 Å². The largest absolute Gasteiger partial charge is 0.465 e. The predicted molar refractivity (Wildman–Crippen MR) is 118 cm³/mol. The molecule has 3 rings (SSSR count). The molecule has 0 bridgehead atoms. The summed E-state index contributed by atoms with van der Waals surface area (Å²) in [6.07, 6.45) is 0. The average Bonchev–Trinajstić information content (AvgIpc) is 3.29. The van der Waals surface area contributed by atoms with Gasteiger partial charge in [-0.3, -0.25) is 9.36 Å². The highest BCUT2D eigenvalue weighted by Gasteiger charge is 2.20. The van der Waals surface area contributed by atoms with Crippen molar-refractivity contribution in [3.63, 3.8) is 0 Å². The zero-order valence-corrected chi connectivity index (χ0v) is 19.4. The summed E-state index contributed by atoms with van der Waals surface area (Å²) in [5, 5.41) is 9.12. The maximum atomic E-state index is 12.7. The van der Waals surface area contributed by atoms with Crippen LogP contribution in [-0.2, 0) is 16.1 Å². The summed E-state index contributed by atoms with van der Waals surface area (Å²) in [6.45, 7) is 7.91. The van der Waals surface area contributed by atoms with Crippen molar-refractivity contribution < 1.29 is 18.7 Å². The third kappa shape index (κ3) is 4.99. The number of aryl methyl sites for hydroxylation is 4. The minimum atomic E-state index is -0.460. The minimum absolute atomic E-state index is 0.0909. The molecule has 0 aliphatic heterocycles. The van der Waals surface area contributed by atoms with E-state index < -0.39 is 5.97 Å². The third-order valence-electron chi connectivity index (χ3n) is 4.92. The van der Waals surface area contributed by atoms with Gasteiger partial charge in [-0.15, -0.1) is 10.2 Å². The number of hydrogen-bond donors (Lipinski definition) is 0.